The van der Waals surface area contributed by atoms with Gasteiger partial charge in [0.25, 0.3) is 0 Å². The lowest BCUT2D eigenvalue weighted by Crippen LogP contribution is -2.04. The monoisotopic (exact) mass is 311 g/mol. The largest absolute Gasteiger partial charge is 0.462 e. The molecular weight excluding hydrogens is 294 g/mol. The lowest BCUT2D eigenvalue weighted by atomic mass is 10.1. The Bertz CT molecular complexity index is 674. The lowest BCUT2D eigenvalue weighted by molar-refractivity contribution is 0.0526. The summed E-state index contributed by atoms with van der Waals surface area (Å²) in [6.07, 6.45) is 0. The van der Waals surface area contributed by atoms with Crippen LogP contribution in [0.4, 0.5) is 0 Å². The maximum Gasteiger partial charge on any atom is 0.338 e. The Kier molecular flexibility index (Phi) is 6.05. The van der Waals surface area contributed by atoms with Gasteiger partial charge in [-0.25, -0.2) is 4.79 Å². The quantitative estimate of drug-likeness (QED) is 0.751. The molecule has 22 heavy (non-hydrogen) atoms. The number of thioether (sulfide) groups is 1. The predicted molar refractivity (Wildman–Crippen MR) is 88.6 cm³/mol. The minimum Gasteiger partial charge on any atom is -0.462 e. The zero-order valence-electron chi connectivity index (χ0n) is 12.4. The van der Waals surface area contributed by atoms with E-state index >= 15 is 0 Å². The van der Waals surface area contributed by atoms with E-state index in [0.29, 0.717) is 17.7 Å². The second-order valence-electron chi connectivity index (χ2n) is 4.72. The standard InChI is InChI=1S/C18H17NO2S/c1-2-21-18(20)17-5-3-4-16(10-17)13-22-12-15-8-6-14(11-19)7-9-15/h3-10H,2,12-13H2,1H3. The highest BCUT2D eigenvalue weighted by Gasteiger charge is 2.06. The van der Waals surface area contributed by atoms with Gasteiger partial charge in [0, 0.05) is 11.5 Å². The topological polar surface area (TPSA) is 50.1 Å². The van der Waals surface area contributed by atoms with Crippen LogP contribution in [0.15, 0.2) is 48.5 Å². The molecule has 2 aromatic carbocycles. The molecule has 0 saturated heterocycles. The van der Waals surface area contributed by atoms with Gasteiger partial charge in [-0.2, -0.15) is 17.0 Å². The molecule has 0 heterocycles. The van der Waals surface area contributed by atoms with E-state index in [9.17, 15) is 4.79 Å². The summed E-state index contributed by atoms with van der Waals surface area (Å²) in [7, 11) is 0. The second kappa shape index (κ2) is 8.26. The van der Waals surface area contributed by atoms with E-state index in [1.165, 1.54) is 5.56 Å². The van der Waals surface area contributed by atoms with Crippen molar-refractivity contribution in [3.05, 3.63) is 70.8 Å². The van der Waals surface area contributed by atoms with E-state index in [1.807, 2.05) is 42.5 Å². The van der Waals surface area contributed by atoms with Gasteiger partial charge in [0.05, 0.1) is 23.8 Å². The number of nitrogens with zero attached hydrogens (tertiary/aromatic N) is 1. The maximum atomic E-state index is 11.7. The van der Waals surface area contributed by atoms with Gasteiger partial charge in [-0.1, -0.05) is 24.3 Å². The highest BCUT2D eigenvalue weighted by molar-refractivity contribution is 7.97. The number of nitriles is 1. The third-order valence-corrected chi connectivity index (χ3v) is 4.13. The fourth-order valence-electron chi connectivity index (χ4n) is 1.96. The van der Waals surface area contributed by atoms with E-state index in [4.69, 9.17) is 10.00 Å². The molecule has 0 aromatic heterocycles. The molecule has 0 N–H and O–H groups in total. The van der Waals surface area contributed by atoms with Crippen molar-refractivity contribution in [1.29, 1.82) is 5.26 Å². The average molecular weight is 311 g/mol. The van der Waals surface area contributed by atoms with Crippen molar-refractivity contribution < 1.29 is 9.53 Å². The average Bonchev–Trinajstić information content (AvgIpc) is 2.56. The highest BCUT2D eigenvalue weighted by atomic mass is 32.2. The van der Waals surface area contributed by atoms with Gasteiger partial charge in [0.2, 0.25) is 0 Å². The molecule has 0 amide bonds. The zero-order valence-corrected chi connectivity index (χ0v) is 13.2. The number of benzene rings is 2. The Labute approximate surface area is 134 Å². The normalized spacial score (nSPS) is 10.0. The molecule has 0 radical (unpaired) electrons. The highest BCUT2D eigenvalue weighted by Crippen LogP contribution is 2.19. The van der Waals surface area contributed by atoms with Crippen LogP contribution in [0, 0.1) is 11.3 Å². The molecule has 0 unspecified atom stereocenters. The van der Waals surface area contributed by atoms with Gasteiger partial charge in [0.1, 0.15) is 0 Å². The van der Waals surface area contributed by atoms with Gasteiger partial charge >= 0.3 is 5.97 Å². The van der Waals surface area contributed by atoms with Crippen molar-refractivity contribution >= 4 is 17.7 Å². The summed E-state index contributed by atoms with van der Waals surface area (Å²) in [5.41, 5.74) is 3.56. The van der Waals surface area contributed by atoms with Crippen molar-refractivity contribution in [3.63, 3.8) is 0 Å². The SMILES string of the molecule is CCOC(=O)c1cccc(CSCc2ccc(C#N)cc2)c1. The van der Waals surface area contributed by atoms with E-state index in [1.54, 1.807) is 24.8 Å². The third-order valence-electron chi connectivity index (χ3n) is 3.06. The summed E-state index contributed by atoms with van der Waals surface area (Å²) in [6.45, 7) is 2.19. The first-order valence-corrected chi connectivity index (χ1v) is 8.21. The van der Waals surface area contributed by atoms with E-state index < -0.39 is 0 Å². The van der Waals surface area contributed by atoms with Crippen LogP contribution in [-0.2, 0) is 16.2 Å². The van der Waals surface area contributed by atoms with Gasteiger partial charge in [0.15, 0.2) is 0 Å². The molecule has 0 atom stereocenters. The second-order valence-corrected chi connectivity index (χ2v) is 5.71. The summed E-state index contributed by atoms with van der Waals surface area (Å²) in [6, 6.07) is 17.3. The first kappa shape index (κ1) is 16.1. The van der Waals surface area contributed by atoms with Crippen LogP contribution >= 0.6 is 11.8 Å². The third kappa shape index (κ3) is 4.64. The summed E-state index contributed by atoms with van der Waals surface area (Å²) in [5, 5.41) is 8.77. The van der Waals surface area contributed by atoms with Crippen molar-refractivity contribution in [2.75, 3.05) is 6.61 Å². The smallest absolute Gasteiger partial charge is 0.338 e. The van der Waals surface area contributed by atoms with Gasteiger partial charge < -0.3 is 4.74 Å². The number of esters is 1. The zero-order chi connectivity index (χ0) is 15.8. The molecular formula is C18H17NO2S. The molecule has 3 nitrogen and oxygen atoms in total. The van der Waals surface area contributed by atoms with Gasteiger partial charge in [-0.3, -0.25) is 0 Å². The molecule has 0 saturated carbocycles. The molecule has 0 aliphatic rings. The minimum atomic E-state index is -0.276. The minimum absolute atomic E-state index is 0.276. The number of carbonyl (C=O) groups is 1. The number of rotatable bonds is 6. The Morgan fingerprint density at radius 3 is 2.55 bits per heavy atom. The first-order chi connectivity index (χ1) is 10.7. The molecule has 112 valence electrons. The molecule has 2 rings (SSSR count). The van der Waals surface area contributed by atoms with E-state index in [2.05, 4.69) is 6.07 Å². The van der Waals surface area contributed by atoms with Crippen LogP contribution in [-0.4, -0.2) is 12.6 Å². The van der Waals surface area contributed by atoms with E-state index in [-0.39, 0.29) is 5.97 Å². The molecule has 0 spiro atoms. The van der Waals surface area contributed by atoms with Crippen molar-refractivity contribution in [1.82, 2.24) is 0 Å². The summed E-state index contributed by atoms with van der Waals surface area (Å²) in [5.74, 6) is 1.42. The van der Waals surface area contributed by atoms with Crippen molar-refractivity contribution in [3.8, 4) is 6.07 Å². The Balaban J connectivity index is 1.90. The number of hydrogen-bond donors (Lipinski definition) is 0. The van der Waals surface area contributed by atoms with Crippen LogP contribution in [0.3, 0.4) is 0 Å². The lowest BCUT2D eigenvalue weighted by Gasteiger charge is -2.05. The molecule has 2 aromatic rings. The molecule has 0 bridgehead atoms. The van der Waals surface area contributed by atoms with Crippen molar-refractivity contribution in [2.45, 2.75) is 18.4 Å². The van der Waals surface area contributed by atoms with Crippen LogP contribution in [0.2, 0.25) is 0 Å². The summed E-state index contributed by atoms with van der Waals surface area (Å²) in [4.78, 5) is 11.7. The molecule has 0 aliphatic heterocycles. The summed E-state index contributed by atoms with van der Waals surface area (Å²) < 4.78 is 5.01. The maximum absolute atomic E-state index is 11.7. The summed E-state index contributed by atoms with van der Waals surface area (Å²) >= 11 is 1.77. The Hall–Kier alpha value is -2.25. The molecule has 0 aliphatic carbocycles. The van der Waals surface area contributed by atoms with Gasteiger partial charge in [-0.15, -0.1) is 0 Å². The fourth-order valence-corrected chi connectivity index (χ4v) is 2.91. The fraction of sp³-hybridized carbons (Fsp3) is 0.222. The van der Waals surface area contributed by atoms with Gasteiger partial charge in [-0.05, 0) is 42.3 Å². The molecule has 4 heteroatoms. The number of carbonyl (C=O) groups excluding carboxylic acids is 1. The molecule has 0 fully saturated rings. The predicted octanol–water partition coefficient (Wildman–Crippen LogP) is 4.17. The van der Waals surface area contributed by atoms with Crippen LogP contribution < -0.4 is 0 Å². The van der Waals surface area contributed by atoms with Crippen LogP contribution in [0.25, 0.3) is 0 Å². The first-order valence-electron chi connectivity index (χ1n) is 7.05. The number of hydrogen-bond acceptors (Lipinski definition) is 4. The van der Waals surface area contributed by atoms with Crippen molar-refractivity contribution in [2.24, 2.45) is 0 Å². The van der Waals surface area contributed by atoms with E-state index in [0.717, 1.165) is 17.1 Å². The Morgan fingerprint density at radius 1 is 1.14 bits per heavy atom. The Morgan fingerprint density at radius 2 is 1.86 bits per heavy atom. The van der Waals surface area contributed by atoms with Crippen LogP contribution in [0.5, 0.6) is 0 Å². The van der Waals surface area contributed by atoms with Crippen LogP contribution in [0.1, 0.15) is 34.0 Å². The number of ether oxygens (including phenoxy) is 1.